The fourth-order valence-electron chi connectivity index (χ4n) is 1.74. The second-order valence-electron chi connectivity index (χ2n) is 4.06. The molecule has 1 aliphatic heterocycles. The van der Waals surface area contributed by atoms with E-state index in [2.05, 4.69) is 15.9 Å². The summed E-state index contributed by atoms with van der Waals surface area (Å²) >= 11 is 3.26. The van der Waals surface area contributed by atoms with Crippen LogP contribution >= 0.6 is 15.9 Å². The van der Waals surface area contributed by atoms with Crippen LogP contribution in [-0.2, 0) is 9.53 Å². The second-order valence-corrected chi connectivity index (χ2v) is 4.91. The molecule has 0 atom stereocenters. The minimum atomic E-state index is -1.44. The molecule has 1 heterocycles. The van der Waals surface area contributed by atoms with Crippen molar-refractivity contribution in [2.45, 2.75) is 0 Å². The Hall–Kier alpha value is -1.40. The zero-order valence-corrected chi connectivity index (χ0v) is 11.2. The van der Waals surface area contributed by atoms with Gasteiger partial charge >= 0.3 is 5.97 Å². The number of hydrogen-bond donors (Lipinski definition) is 1. The highest BCUT2D eigenvalue weighted by Crippen LogP contribution is 2.34. The molecule has 1 aromatic carbocycles. The van der Waals surface area contributed by atoms with E-state index in [0.29, 0.717) is 15.8 Å². The summed E-state index contributed by atoms with van der Waals surface area (Å²) in [4.78, 5) is 23.4. The van der Waals surface area contributed by atoms with Gasteiger partial charge in [-0.2, -0.15) is 0 Å². The molecule has 18 heavy (non-hydrogen) atoms. The zero-order valence-electron chi connectivity index (χ0n) is 9.60. The van der Waals surface area contributed by atoms with Crippen LogP contribution in [0.2, 0.25) is 0 Å². The molecule has 1 aliphatic rings. The Morgan fingerprint density at radius 1 is 1.44 bits per heavy atom. The molecule has 1 aromatic rings. The third-order valence-electron chi connectivity index (χ3n) is 2.95. The van der Waals surface area contributed by atoms with Crippen LogP contribution in [0.4, 0.5) is 0 Å². The van der Waals surface area contributed by atoms with Gasteiger partial charge in [-0.25, -0.2) is 0 Å². The number of carbonyl (C=O) groups is 2. The van der Waals surface area contributed by atoms with Gasteiger partial charge in [-0.3, -0.25) is 9.59 Å². The monoisotopic (exact) mass is 314 g/mol. The molecule has 0 bridgehead atoms. The van der Waals surface area contributed by atoms with E-state index in [-0.39, 0.29) is 13.2 Å². The first-order chi connectivity index (χ1) is 8.51. The summed E-state index contributed by atoms with van der Waals surface area (Å²) in [6.45, 7) is -0.157. The van der Waals surface area contributed by atoms with Crippen LogP contribution in [0.3, 0.4) is 0 Å². The van der Waals surface area contributed by atoms with Crippen LogP contribution in [0.25, 0.3) is 0 Å². The SMILES string of the molecule is COc1ccc(C(=O)C2(C(=O)O)COC2)cc1Br. The molecule has 2 rings (SSSR count). The number of ether oxygens (including phenoxy) is 2. The van der Waals surface area contributed by atoms with Gasteiger partial charge in [-0.15, -0.1) is 0 Å². The Morgan fingerprint density at radius 3 is 2.50 bits per heavy atom. The number of methoxy groups -OCH3 is 1. The van der Waals surface area contributed by atoms with Crippen LogP contribution in [0.1, 0.15) is 10.4 Å². The van der Waals surface area contributed by atoms with E-state index in [1.165, 1.54) is 7.11 Å². The van der Waals surface area contributed by atoms with Gasteiger partial charge in [0, 0.05) is 5.56 Å². The normalized spacial score (nSPS) is 16.8. The predicted octanol–water partition coefficient (Wildman–Crippen LogP) is 1.74. The maximum absolute atomic E-state index is 12.2. The molecule has 1 N–H and O–H groups in total. The number of hydrogen-bond acceptors (Lipinski definition) is 4. The topological polar surface area (TPSA) is 72.8 Å². The van der Waals surface area contributed by atoms with Crippen molar-refractivity contribution < 1.29 is 24.2 Å². The van der Waals surface area contributed by atoms with E-state index in [0.717, 1.165) is 0 Å². The molecule has 0 spiro atoms. The first-order valence-corrected chi connectivity index (χ1v) is 6.00. The number of carboxylic acid groups (broad SMARTS) is 1. The molecular weight excluding hydrogens is 304 g/mol. The standard InChI is InChI=1S/C12H11BrO5/c1-17-9-3-2-7(4-8(9)13)10(14)12(11(15)16)5-18-6-12/h2-4H,5-6H2,1H3,(H,15,16). The first kappa shape index (κ1) is 13.0. The Bertz CT molecular complexity index is 507. The molecule has 0 unspecified atom stereocenters. The molecule has 0 aromatic heterocycles. The Labute approximate surface area is 112 Å². The van der Waals surface area contributed by atoms with Gasteiger partial charge in [0.15, 0.2) is 11.2 Å². The average Bonchev–Trinajstić information content (AvgIpc) is 2.26. The van der Waals surface area contributed by atoms with E-state index in [4.69, 9.17) is 14.6 Å². The molecule has 1 saturated heterocycles. The number of rotatable bonds is 4. The smallest absolute Gasteiger partial charge is 0.322 e. The lowest BCUT2D eigenvalue weighted by atomic mass is 9.78. The molecule has 6 heteroatoms. The van der Waals surface area contributed by atoms with Crippen molar-refractivity contribution in [2.24, 2.45) is 5.41 Å². The van der Waals surface area contributed by atoms with E-state index in [9.17, 15) is 9.59 Å². The van der Waals surface area contributed by atoms with Crippen molar-refractivity contribution in [1.29, 1.82) is 0 Å². The van der Waals surface area contributed by atoms with Gasteiger partial charge in [-0.05, 0) is 34.1 Å². The summed E-state index contributed by atoms with van der Waals surface area (Å²) in [5, 5.41) is 9.15. The Balaban J connectivity index is 2.34. The Morgan fingerprint density at radius 2 is 2.11 bits per heavy atom. The van der Waals surface area contributed by atoms with Crippen LogP contribution in [0.5, 0.6) is 5.75 Å². The third kappa shape index (κ3) is 1.91. The number of benzene rings is 1. The molecule has 96 valence electrons. The van der Waals surface area contributed by atoms with Crippen LogP contribution in [0.15, 0.2) is 22.7 Å². The number of Topliss-reactive ketones (excluding diaryl/α,β-unsaturated/α-hetero) is 1. The molecule has 0 amide bonds. The summed E-state index contributed by atoms with van der Waals surface area (Å²) in [7, 11) is 1.51. The van der Waals surface area contributed by atoms with E-state index < -0.39 is 17.2 Å². The quantitative estimate of drug-likeness (QED) is 0.677. The molecule has 0 radical (unpaired) electrons. The largest absolute Gasteiger partial charge is 0.496 e. The number of halogens is 1. The third-order valence-corrected chi connectivity index (χ3v) is 3.57. The van der Waals surface area contributed by atoms with Crippen molar-refractivity contribution in [3.05, 3.63) is 28.2 Å². The van der Waals surface area contributed by atoms with Gasteiger partial charge in [0.2, 0.25) is 0 Å². The van der Waals surface area contributed by atoms with Gasteiger partial charge in [0.05, 0.1) is 24.8 Å². The highest BCUT2D eigenvalue weighted by Gasteiger charge is 2.53. The van der Waals surface area contributed by atoms with Gasteiger partial charge < -0.3 is 14.6 Å². The number of aliphatic carboxylic acids is 1. The maximum atomic E-state index is 12.2. The van der Waals surface area contributed by atoms with Gasteiger partial charge in [-0.1, -0.05) is 0 Å². The average molecular weight is 315 g/mol. The lowest BCUT2D eigenvalue weighted by molar-refractivity contribution is -0.168. The van der Waals surface area contributed by atoms with Crippen LogP contribution in [0, 0.1) is 5.41 Å². The van der Waals surface area contributed by atoms with Gasteiger partial charge in [0.25, 0.3) is 0 Å². The zero-order chi connectivity index (χ0) is 13.3. The van der Waals surface area contributed by atoms with Crippen molar-refractivity contribution in [1.82, 2.24) is 0 Å². The maximum Gasteiger partial charge on any atom is 0.322 e. The molecule has 0 aliphatic carbocycles. The minimum absolute atomic E-state index is 0.0786. The predicted molar refractivity (Wildman–Crippen MR) is 65.9 cm³/mol. The molecule has 5 nitrogen and oxygen atoms in total. The fraction of sp³-hybridized carbons (Fsp3) is 0.333. The second kappa shape index (κ2) is 4.70. The van der Waals surface area contributed by atoms with E-state index >= 15 is 0 Å². The van der Waals surface area contributed by atoms with Crippen molar-refractivity contribution in [3.63, 3.8) is 0 Å². The highest BCUT2D eigenvalue weighted by molar-refractivity contribution is 9.10. The van der Waals surface area contributed by atoms with Crippen LogP contribution in [-0.4, -0.2) is 37.2 Å². The van der Waals surface area contributed by atoms with Crippen LogP contribution < -0.4 is 4.74 Å². The molecular formula is C12H11BrO5. The number of carboxylic acids is 1. The van der Waals surface area contributed by atoms with Crippen molar-refractivity contribution in [2.75, 3.05) is 20.3 Å². The number of carbonyl (C=O) groups excluding carboxylic acids is 1. The summed E-state index contributed by atoms with van der Waals surface area (Å²) in [6, 6.07) is 4.73. The minimum Gasteiger partial charge on any atom is -0.496 e. The summed E-state index contributed by atoms with van der Waals surface area (Å²) in [5.74, 6) is -1.00. The highest BCUT2D eigenvalue weighted by atomic mass is 79.9. The van der Waals surface area contributed by atoms with E-state index in [1.54, 1.807) is 18.2 Å². The lowest BCUT2D eigenvalue weighted by Gasteiger charge is -2.35. The summed E-state index contributed by atoms with van der Waals surface area (Å²) in [6.07, 6.45) is 0. The Kier molecular flexibility index (Phi) is 3.41. The van der Waals surface area contributed by atoms with Crippen molar-refractivity contribution in [3.8, 4) is 5.75 Å². The lowest BCUT2D eigenvalue weighted by Crippen LogP contribution is -2.54. The van der Waals surface area contributed by atoms with Gasteiger partial charge in [0.1, 0.15) is 5.75 Å². The molecule has 1 fully saturated rings. The first-order valence-electron chi connectivity index (χ1n) is 5.21. The summed E-state index contributed by atoms with van der Waals surface area (Å²) < 4.78 is 10.5. The van der Waals surface area contributed by atoms with E-state index in [1.807, 2.05) is 0 Å². The fourth-order valence-corrected chi connectivity index (χ4v) is 2.28. The molecule has 0 saturated carbocycles. The summed E-state index contributed by atoms with van der Waals surface area (Å²) in [5.41, 5.74) is -1.11. The van der Waals surface area contributed by atoms with Crippen molar-refractivity contribution >= 4 is 27.7 Å². The number of ketones is 1.